The van der Waals surface area contributed by atoms with Crippen molar-refractivity contribution in [1.29, 1.82) is 0 Å². The number of benzene rings is 1. The van der Waals surface area contributed by atoms with Crippen LogP contribution in [0.1, 0.15) is 18.4 Å². The quantitative estimate of drug-likeness (QED) is 0.781. The molecular formula is C14H20ClN3O3. The number of halogens is 1. The lowest BCUT2D eigenvalue weighted by molar-refractivity contribution is -0.118. The van der Waals surface area contributed by atoms with Crippen molar-refractivity contribution < 1.29 is 14.3 Å². The molecule has 7 heteroatoms. The molecule has 2 amide bonds. The van der Waals surface area contributed by atoms with E-state index in [9.17, 15) is 9.59 Å². The predicted molar refractivity (Wildman–Crippen MR) is 83.7 cm³/mol. The summed E-state index contributed by atoms with van der Waals surface area (Å²) in [5.74, 6) is -0.257. The number of nitrogens with one attached hydrogen (secondary N) is 2. The van der Waals surface area contributed by atoms with E-state index in [0.717, 1.165) is 24.1 Å². The Balaban J connectivity index is 0.00000220. The maximum atomic E-state index is 11.8. The molecular weight excluding hydrogens is 294 g/mol. The highest BCUT2D eigenvalue weighted by Crippen LogP contribution is 2.25. The van der Waals surface area contributed by atoms with Gasteiger partial charge >= 0.3 is 0 Å². The Labute approximate surface area is 129 Å². The van der Waals surface area contributed by atoms with Gasteiger partial charge in [-0.2, -0.15) is 0 Å². The molecule has 0 saturated heterocycles. The molecule has 0 bridgehead atoms. The lowest BCUT2D eigenvalue weighted by atomic mass is 10.1. The molecule has 0 fully saturated rings. The van der Waals surface area contributed by atoms with Crippen LogP contribution in [0, 0.1) is 0 Å². The number of hydrogen-bond donors (Lipinski definition) is 3. The number of aryl methyl sites for hydroxylation is 1. The first-order valence-electron chi connectivity index (χ1n) is 6.58. The average molecular weight is 314 g/mol. The Kier molecular flexibility index (Phi) is 6.61. The van der Waals surface area contributed by atoms with E-state index >= 15 is 0 Å². The highest BCUT2D eigenvalue weighted by atomic mass is 35.5. The van der Waals surface area contributed by atoms with Crippen LogP contribution in [0.2, 0.25) is 0 Å². The van der Waals surface area contributed by atoms with Crippen LogP contribution >= 0.6 is 12.4 Å². The second kappa shape index (κ2) is 7.97. The van der Waals surface area contributed by atoms with Crippen molar-refractivity contribution in [3.63, 3.8) is 0 Å². The van der Waals surface area contributed by atoms with Crippen LogP contribution in [-0.2, 0) is 20.7 Å². The van der Waals surface area contributed by atoms with E-state index in [0.29, 0.717) is 12.1 Å². The van der Waals surface area contributed by atoms with Crippen LogP contribution in [0.3, 0.4) is 0 Å². The molecule has 0 saturated carbocycles. The normalized spacial score (nSPS) is 15.0. The molecule has 1 heterocycles. The Morgan fingerprint density at radius 1 is 1.48 bits per heavy atom. The van der Waals surface area contributed by atoms with Gasteiger partial charge in [0.15, 0.2) is 0 Å². The molecule has 1 aliphatic rings. The molecule has 2 rings (SSSR count). The zero-order chi connectivity index (χ0) is 14.5. The van der Waals surface area contributed by atoms with Crippen molar-refractivity contribution in [2.75, 3.05) is 24.4 Å². The van der Waals surface area contributed by atoms with Crippen molar-refractivity contribution in [2.45, 2.75) is 25.3 Å². The van der Waals surface area contributed by atoms with Crippen molar-refractivity contribution in [3.05, 3.63) is 23.8 Å². The van der Waals surface area contributed by atoms with Gasteiger partial charge in [0, 0.05) is 24.9 Å². The van der Waals surface area contributed by atoms with Crippen molar-refractivity contribution in [1.82, 2.24) is 0 Å². The van der Waals surface area contributed by atoms with Crippen LogP contribution in [0.5, 0.6) is 0 Å². The minimum atomic E-state index is -0.696. The van der Waals surface area contributed by atoms with E-state index in [-0.39, 0.29) is 30.8 Å². The van der Waals surface area contributed by atoms with E-state index < -0.39 is 6.04 Å². The average Bonchev–Trinajstić information content (AvgIpc) is 2.59. The number of rotatable bonds is 4. The van der Waals surface area contributed by atoms with E-state index in [4.69, 9.17) is 10.5 Å². The van der Waals surface area contributed by atoms with Gasteiger partial charge in [-0.05, 0) is 36.6 Å². The van der Waals surface area contributed by atoms with Crippen LogP contribution in [-0.4, -0.2) is 31.6 Å². The fraction of sp³-hybridized carbons (Fsp3) is 0.429. The summed E-state index contributed by atoms with van der Waals surface area (Å²) in [6, 6.07) is 4.73. The van der Waals surface area contributed by atoms with Crippen LogP contribution in [0.15, 0.2) is 18.2 Å². The molecule has 1 aliphatic heterocycles. The minimum Gasteiger partial charge on any atom is -0.383 e. The fourth-order valence-electron chi connectivity index (χ4n) is 2.14. The largest absolute Gasteiger partial charge is 0.383 e. The van der Waals surface area contributed by atoms with E-state index in [1.54, 1.807) is 12.1 Å². The standard InChI is InChI=1S/C14H19N3O3.ClH/c1-20-8-11(15)14(19)16-10-5-6-12-9(7-10)3-2-4-13(18)17-12;/h5-7,11H,2-4,8,15H2,1H3,(H,16,19)(H,17,18);1H. The number of carbonyl (C=O) groups excluding carboxylic acids is 2. The third-order valence-electron chi connectivity index (χ3n) is 3.18. The SMILES string of the molecule is COCC(N)C(=O)Nc1ccc2c(c1)CCCC(=O)N2.Cl. The molecule has 116 valence electrons. The predicted octanol–water partition coefficient (Wildman–Crippen LogP) is 1.30. The van der Waals surface area contributed by atoms with E-state index in [2.05, 4.69) is 10.6 Å². The summed E-state index contributed by atoms with van der Waals surface area (Å²) in [6.07, 6.45) is 2.14. The number of nitrogens with two attached hydrogens (primary N) is 1. The summed E-state index contributed by atoms with van der Waals surface area (Å²) in [6.45, 7) is 0.173. The number of hydrogen-bond acceptors (Lipinski definition) is 4. The molecule has 0 aromatic heterocycles. The highest BCUT2D eigenvalue weighted by Gasteiger charge is 2.16. The van der Waals surface area contributed by atoms with Crippen molar-refractivity contribution in [3.8, 4) is 0 Å². The first kappa shape index (κ1) is 17.4. The Hall–Kier alpha value is -1.63. The molecule has 6 nitrogen and oxygen atoms in total. The van der Waals surface area contributed by atoms with Gasteiger partial charge < -0.3 is 21.1 Å². The summed E-state index contributed by atoms with van der Waals surface area (Å²) in [5, 5.41) is 5.60. The van der Waals surface area contributed by atoms with Gasteiger partial charge in [0.05, 0.1) is 6.61 Å². The third kappa shape index (κ3) is 4.70. The van der Waals surface area contributed by atoms with Crippen molar-refractivity contribution >= 4 is 35.6 Å². The first-order chi connectivity index (χ1) is 9.60. The number of fused-ring (bicyclic) bond motifs is 1. The zero-order valence-electron chi connectivity index (χ0n) is 11.8. The van der Waals surface area contributed by atoms with E-state index in [1.165, 1.54) is 7.11 Å². The molecule has 0 aliphatic carbocycles. The number of ether oxygens (including phenoxy) is 1. The van der Waals surface area contributed by atoms with Gasteiger partial charge in [0.1, 0.15) is 6.04 Å². The summed E-state index contributed by atoms with van der Waals surface area (Å²) in [7, 11) is 1.50. The fourth-order valence-corrected chi connectivity index (χ4v) is 2.14. The third-order valence-corrected chi connectivity index (χ3v) is 3.18. The number of anilines is 2. The van der Waals surface area contributed by atoms with Gasteiger partial charge in [-0.1, -0.05) is 0 Å². The summed E-state index contributed by atoms with van der Waals surface area (Å²) < 4.78 is 4.85. The summed E-state index contributed by atoms with van der Waals surface area (Å²) in [5.41, 5.74) is 8.17. The lowest BCUT2D eigenvalue weighted by Gasteiger charge is -2.13. The Morgan fingerprint density at radius 3 is 2.95 bits per heavy atom. The monoisotopic (exact) mass is 313 g/mol. The van der Waals surface area contributed by atoms with Gasteiger partial charge in [0.2, 0.25) is 11.8 Å². The maximum absolute atomic E-state index is 11.8. The van der Waals surface area contributed by atoms with Crippen LogP contribution < -0.4 is 16.4 Å². The molecule has 1 aromatic rings. The van der Waals surface area contributed by atoms with Gasteiger partial charge in [-0.15, -0.1) is 12.4 Å². The van der Waals surface area contributed by atoms with Gasteiger partial charge in [-0.25, -0.2) is 0 Å². The second-order valence-electron chi connectivity index (χ2n) is 4.82. The molecule has 1 aromatic carbocycles. The Bertz CT molecular complexity index is 522. The maximum Gasteiger partial charge on any atom is 0.243 e. The van der Waals surface area contributed by atoms with E-state index in [1.807, 2.05) is 6.07 Å². The Morgan fingerprint density at radius 2 is 2.24 bits per heavy atom. The molecule has 1 unspecified atom stereocenters. The molecule has 0 spiro atoms. The number of carbonyl (C=O) groups is 2. The van der Waals surface area contributed by atoms with Crippen LogP contribution in [0.4, 0.5) is 11.4 Å². The highest BCUT2D eigenvalue weighted by molar-refractivity contribution is 5.96. The summed E-state index contributed by atoms with van der Waals surface area (Å²) in [4.78, 5) is 23.3. The lowest BCUT2D eigenvalue weighted by Crippen LogP contribution is -2.39. The topological polar surface area (TPSA) is 93.4 Å². The van der Waals surface area contributed by atoms with Gasteiger partial charge in [0.25, 0.3) is 0 Å². The van der Waals surface area contributed by atoms with Gasteiger partial charge in [-0.3, -0.25) is 9.59 Å². The smallest absolute Gasteiger partial charge is 0.243 e. The van der Waals surface area contributed by atoms with Crippen molar-refractivity contribution in [2.24, 2.45) is 5.73 Å². The molecule has 1 atom stereocenters. The minimum absolute atomic E-state index is 0. The molecule has 21 heavy (non-hydrogen) atoms. The number of methoxy groups -OCH3 is 1. The molecule has 0 radical (unpaired) electrons. The van der Waals surface area contributed by atoms with Crippen LogP contribution in [0.25, 0.3) is 0 Å². The number of amides is 2. The summed E-state index contributed by atoms with van der Waals surface area (Å²) >= 11 is 0. The molecule has 4 N–H and O–H groups in total. The second-order valence-corrected chi connectivity index (χ2v) is 4.82. The zero-order valence-corrected chi connectivity index (χ0v) is 12.7. The first-order valence-corrected chi connectivity index (χ1v) is 6.58.